The lowest BCUT2D eigenvalue weighted by atomic mass is 10.1. The average Bonchev–Trinajstić information content (AvgIpc) is 2.47. The van der Waals surface area contributed by atoms with Crippen molar-refractivity contribution < 1.29 is 18.7 Å². The summed E-state index contributed by atoms with van der Waals surface area (Å²) in [6.07, 6.45) is -0.378. The lowest BCUT2D eigenvalue weighted by Gasteiger charge is -2.34. The Morgan fingerprint density at radius 1 is 1.24 bits per heavy atom. The number of halogens is 2. The number of carbonyl (C=O) groups excluding carboxylic acids is 2. The molecule has 1 fully saturated rings. The van der Waals surface area contributed by atoms with Crippen LogP contribution in [0.5, 0.6) is 0 Å². The fourth-order valence-electron chi connectivity index (χ4n) is 2.17. The van der Waals surface area contributed by atoms with Gasteiger partial charge in [0.15, 0.2) is 0 Å². The fourth-order valence-corrected chi connectivity index (χ4v) is 2.68. The number of piperazine rings is 1. The van der Waals surface area contributed by atoms with Crippen LogP contribution in [0.15, 0.2) is 22.7 Å². The van der Waals surface area contributed by atoms with Crippen molar-refractivity contribution in [2.75, 3.05) is 32.8 Å². The number of ether oxygens (including phenoxy) is 1. The smallest absolute Gasteiger partial charge is 0.409 e. The molecule has 1 heterocycles. The summed E-state index contributed by atoms with van der Waals surface area (Å²) in [4.78, 5) is 27.0. The Hall–Kier alpha value is -1.63. The minimum Gasteiger partial charge on any atom is -0.450 e. The van der Waals surface area contributed by atoms with Crippen molar-refractivity contribution in [2.45, 2.75) is 6.92 Å². The number of hydrogen-bond donors (Lipinski definition) is 0. The molecule has 0 atom stereocenters. The Morgan fingerprint density at radius 2 is 1.86 bits per heavy atom. The first kappa shape index (κ1) is 15.8. The molecule has 5 nitrogen and oxygen atoms in total. The van der Waals surface area contributed by atoms with Gasteiger partial charge in [-0.25, -0.2) is 9.18 Å². The molecule has 1 aliphatic heterocycles. The van der Waals surface area contributed by atoms with Crippen molar-refractivity contribution in [1.82, 2.24) is 9.80 Å². The molecule has 2 amide bonds. The predicted octanol–water partition coefficient (Wildman–Crippen LogP) is 2.50. The molecule has 21 heavy (non-hydrogen) atoms. The van der Waals surface area contributed by atoms with Gasteiger partial charge in [0, 0.05) is 30.7 Å². The van der Waals surface area contributed by atoms with Gasteiger partial charge in [0.25, 0.3) is 5.91 Å². The summed E-state index contributed by atoms with van der Waals surface area (Å²) in [5.41, 5.74) is 0.0297. The summed E-state index contributed by atoms with van der Waals surface area (Å²) < 4.78 is 19.1. The van der Waals surface area contributed by atoms with Crippen LogP contribution in [0.2, 0.25) is 0 Å². The van der Waals surface area contributed by atoms with Crippen molar-refractivity contribution in [2.24, 2.45) is 0 Å². The van der Waals surface area contributed by atoms with Gasteiger partial charge in [-0.1, -0.05) is 6.07 Å². The highest BCUT2D eigenvalue weighted by Crippen LogP contribution is 2.22. The van der Waals surface area contributed by atoms with E-state index < -0.39 is 5.82 Å². The number of amides is 2. The third-order valence-electron chi connectivity index (χ3n) is 3.27. The van der Waals surface area contributed by atoms with Crippen molar-refractivity contribution in [1.29, 1.82) is 0 Å². The van der Waals surface area contributed by atoms with Gasteiger partial charge in [-0.05, 0) is 35.0 Å². The molecule has 1 aromatic carbocycles. The Bertz CT molecular complexity index is 525. The van der Waals surface area contributed by atoms with E-state index in [-0.39, 0.29) is 17.6 Å². The maximum absolute atomic E-state index is 13.8. The molecule has 0 unspecified atom stereocenters. The molecular formula is C14H16BrFN2O3. The summed E-state index contributed by atoms with van der Waals surface area (Å²) in [6, 6.07) is 4.42. The zero-order valence-electron chi connectivity index (χ0n) is 11.6. The van der Waals surface area contributed by atoms with Crippen LogP contribution in [0.3, 0.4) is 0 Å². The van der Waals surface area contributed by atoms with E-state index in [2.05, 4.69) is 15.9 Å². The zero-order valence-corrected chi connectivity index (χ0v) is 13.2. The monoisotopic (exact) mass is 358 g/mol. The number of benzene rings is 1. The minimum absolute atomic E-state index is 0.0297. The molecule has 0 radical (unpaired) electrons. The molecular weight excluding hydrogens is 343 g/mol. The molecule has 0 N–H and O–H groups in total. The molecule has 2 rings (SSSR count). The molecule has 0 bridgehead atoms. The molecule has 0 aliphatic carbocycles. The molecule has 7 heteroatoms. The fraction of sp³-hybridized carbons (Fsp3) is 0.429. The normalized spacial score (nSPS) is 15.0. The van der Waals surface area contributed by atoms with Crippen LogP contribution in [0.1, 0.15) is 17.3 Å². The van der Waals surface area contributed by atoms with Gasteiger partial charge in [-0.3, -0.25) is 4.79 Å². The van der Waals surface area contributed by atoms with E-state index in [0.717, 1.165) is 0 Å². The van der Waals surface area contributed by atoms with Gasteiger partial charge in [-0.15, -0.1) is 0 Å². The first-order valence-corrected chi connectivity index (χ1v) is 7.49. The second kappa shape index (κ2) is 6.89. The Morgan fingerprint density at radius 3 is 2.43 bits per heavy atom. The second-order valence-electron chi connectivity index (χ2n) is 4.57. The number of rotatable bonds is 2. The van der Waals surface area contributed by atoms with Crippen molar-refractivity contribution in [3.8, 4) is 0 Å². The van der Waals surface area contributed by atoms with E-state index in [1.54, 1.807) is 22.8 Å². The summed E-state index contributed by atoms with van der Waals surface area (Å²) in [7, 11) is 0. The molecule has 1 saturated heterocycles. The van der Waals surface area contributed by atoms with Crippen molar-refractivity contribution in [3.05, 3.63) is 34.1 Å². The summed E-state index contributed by atoms with van der Waals surface area (Å²) in [5, 5.41) is 0. The second-order valence-corrected chi connectivity index (χ2v) is 5.43. The van der Waals surface area contributed by atoms with E-state index in [0.29, 0.717) is 37.3 Å². The molecule has 0 saturated carbocycles. The summed E-state index contributed by atoms with van der Waals surface area (Å²) in [5.74, 6) is -0.925. The predicted molar refractivity (Wildman–Crippen MR) is 78.6 cm³/mol. The summed E-state index contributed by atoms with van der Waals surface area (Å²) in [6.45, 7) is 3.55. The van der Waals surface area contributed by atoms with Gasteiger partial charge < -0.3 is 14.5 Å². The van der Waals surface area contributed by atoms with Crippen molar-refractivity contribution >= 4 is 27.9 Å². The number of carbonyl (C=O) groups is 2. The van der Waals surface area contributed by atoms with Crippen LogP contribution in [-0.4, -0.2) is 54.6 Å². The lowest BCUT2D eigenvalue weighted by Crippen LogP contribution is -2.50. The van der Waals surface area contributed by atoms with Gasteiger partial charge in [0.2, 0.25) is 0 Å². The highest BCUT2D eigenvalue weighted by atomic mass is 79.9. The number of nitrogens with zero attached hydrogens (tertiary/aromatic N) is 2. The van der Waals surface area contributed by atoms with Crippen LogP contribution in [-0.2, 0) is 4.74 Å². The van der Waals surface area contributed by atoms with Crippen LogP contribution in [0.25, 0.3) is 0 Å². The first-order valence-electron chi connectivity index (χ1n) is 6.69. The maximum Gasteiger partial charge on any atom is 0.409 e. The third kappa shape index (κ3) is 3.53. The van der Waals surface area contributed by atoms with E-state index in [4.69, 9.17) is 4.74 Å². The highest BCUT2D eigenvalue weighted by molar-refractivity contribution is 9.10. The van der Waals surface area contributed by atoms with Crippen LogP contribution >= 0.6 is 15.9 Å². The largest absolute Gasteiger partial charge is 0.450 e. The van der Waals surface area contributed by atoms with E-state index in [9.17, 15) is 14.0 Å². The van der Waals surface area contributed by atoms with Crippen LogP contribution in [0, 0.1) is 5.82 Å². The molecule has 1 aliphatic rings. The quantitative estimate of drug-likeness (QED) is 0.815. The van der Waals surface area contributed by atoms with E-state index in [1.807, 2.05) is 0 Å². The van der Waals surface area contributed by atoms with E-state index in [1.165, 1.54) is 12.1 Å². The lowest BCUT2D eigenvalue weighted by molar-refractivity contribution is 0.0566. The average molecular weight is 359 g/mol. The maximum atomic E-state index is 13.8. The highest BCUT2D eigenvalue weighted by Gasteiger charge is 2.27. The van der Waals surface area contributed by atoms with Gasteiger partial charge in [0.1, 0.15) is 5.82 Å². The van der Waals surface area contributed by atoms with Crippen LogP contribution in [0.4, 0.5) is 9.18 Å². The zero-order chi connectivity index (χ0) is 15.4. The van der Waals surface area contributed by atoms with Gasteiger partial charge >= 0.3 is 6.09 Å². The Balaban J connectivity index is 2.02. The standard InChI is InChI=1S/C14H16BrFN2O3/c1-2-21-14(20)18-8-6-17(7-9-18)13(19)12-10(15)4-3-5-11(12)16/h3-5H,2,6-9H2,1H3. The minimum atomic E-state index is -0.554. The molecule has 0 aromatic heterocycles. The Labute approximate surface area is 130 Å². The van der Waals surface area contributed by atoms with Gasteiger partial charge in [-0.2, -0.15) is 0 Å². The Kier molecular flexibility index (Phi) is 5.17. The molecule has 1 aromatic rings. The SMILES string of the molecule is CCOC(=O)N1CCN(C(=O)c2c(F)cccc2Br)CC1. The van der Waals surface area contributed by atoms with Crippen molar-refractivity contribution in [3.63, 3.8) is 0 Å². The topological polar surface area (TPSA) is 49.9 Å². The molecule has 0 spiro atoms. The first-order chi connectivity index (χ1) is 10.0. The van der Waals surface area contributed by atoms with Crippen LogP contribution < -0.4 is 0 Å². The summed E-state index contributed by atoms with van der Waals surface area (Å²) >= 11 is 3.20. The van der Waals surface area contributed by atoms with E-state index >= 15 is 0 Å². The third-order valence-corrected chi connectivity index (χ3v) is 3.93. The molecule has 114 valence electrons. The van der Waals surface area contributed by atoms with Gasteiger partial charge in [0.05, 0.1) is 12.2 Å². The number of hydrogen-bond acceptors (Lipinski definition) is 3.